The molecule has 0 saturated carbocycles. The molecule has 0 amide bonds. The fourth-order valence-corrected chi connectivity index (χ4v) is 4.04. The van der Waals surface area contributed by atoms with Gasteiger partial charge in [0, 0.05) is 37.8 Å². The van der Waals surface area contributed by atoms with Crippen molar-refractivity contribution < 1.29 is 9.84 Å². The molecule has 0 radical (unpaired) electrons. The van der Waals surface area contributed by atoms with Crippen LogP contribution in [0.2, 0.25) is 0 Å². The van der Waals surface area contributed by atoms with Crippen LogP contribution in [-0.2, 0) is 17.7 Å². The minimum Gasteiger partial charge on any atom is -0.390 e. The first-order valence-corrected chi connectivity index (χ1v) is 10.4. The number of benzene rings is 1. The van der Waals surface area contributed by atoms with Crippen LogP contribution in [0.25, 0.3) is 10.9 Å². The third-order valence-electron chi connectivity index (χ3n) is 5.72. The average Bonchev–Trinajstić information content (AvgIpc) is 2.74. The van der Waals surface area contributed by atoms with Gasteiger partial charge in [-0.3, -0.25) is 4.90 Å². The highest BCUT2D eigenvalue weighted by Crippen LogP contribution is 2.25. The quantitative estimate of drug-likeness (QED) is 0.545. The van der Waals surface area contributed by atoms with Gasteiger partial charge in [-0.1, -0.05) is 24.3 Å². The summed E-state index contributed by atoms with van der Waals surface area (Å²) in [6, 6.07) is 10.7. The highest BCUT2D eigenvalue weighted by atomic mass is 16.5. The Bertz CT molecular complexity index is 1030. The summed E-state index contributed by atoms with van der Waals surface area (Å²) < 4.78 is 5.22. The molecule has 0 aliphatic carbocycles. The lowest BCUT2D eigenvalue weighted by Crippen LogP contribution is -2.40. The number of ether oxygens (including phenoxy) is 1. The topological polar surface area (TPSA) is 95.4 Å². The van der Waals surface area contributed by atoms with E-state index in [-0.39, 0.29) is 6.04 Å². The summed E-state index contributed by atoms with van der Waals surface area (Å²) in [6.45, 7) is 4.26. The van der Waals surface area contributed by atoms with Crippen LogP contribution in [0.5, 0.6) is 0 Å². The van der Waals surface area contributed by atoms with Crippen LogP contribution in [0.1, 0.15) is 11.1 Å². The van der Waals surface area contributed by atoms with Crippen molar-refractivity contribution >= 4 is 22.5 Å². The number of hydrogen-bond acceptors (Lipinski definition) is 8. The Kier molecular flexibility index (Phi) is 5.44. The lowest BCUT2D eigenvalue weighted by Gasteiger charge is -2.30. The maximum atomic E-state index is 10.6. The number of aromatic nitrogens is 3. The zero-order valence-corrected chi connectivity index (χ0v) is 16.8. The van der Waals surface area contributed by atoms with Gasteiger partial charge >= 0.3 is 0 Å². The molecule has 1 saturated heterocycles. The summed E-state index contributed by atoms with van der Waals surface area (Å²) in [5.41, 5.74) is 3.54. The molecule has 8 heteroatoms. The molecule has 2 aromatic heterocycles. The van der Waals surface area contributed by atoms with Crippen molar-refractivity contribution in [3.05, 3.63) is 54.0 Å². The normalized spacial score (nSPS) is 17.9. The Labute approximate surface area is 175 Å². The number of β-amino-alcohol motifs (C(OH)–C–C–N with tert-alkyl or cyclic N) is 1. The number of rotatable bonds is 7. The van der Waals surface area contributed by atoms with Gasteiger partial charge in [0.05, 0.1) is 25.4 Å². The van der Waals surface area contributed by atoms with Gasteiger partial charge in [-0.05, 0) is 23.6 Å². The van der Waals surface area contributed by atoms with E-state index in [2.05, 4.69) is 54.8 Å². The molecule has 4 heterocycles. The van der Waals surface area contributed by atoms with Gasteiger partial charge in [0.15, 0.2) is 5.82 Å². The molecule has 0 spiro atoms. The predicted octanol–water partition coefficient (Wildman–Crippen LogP) is 1.67. The largest absolute Gasteiger partial charge is 0.390 e. The molecule has 2 aliphatic heterocycles. The van der Waals surface area contributed by atoms with Crippen LogP contribution in [0.3, 0.4) is 0 Å². The van der Waals surface area contributed by atoms with Crippen LogP contribution < -0.4 is 10.6 Å². The number of fused-ring (bicyclic) bond motifs is 2. The summed E-state index contributed by atoms with van der Waals surface area (Å²) in [4.78, 5) is 15.5. The summed E-state index contributed by atoms with van der Waals surface area (Å²) in [6.07, 6.45) is 3.82. The highest BCUT2D eigenvalue weighted by Gasteiger charge is 2.21. The number of hydrogen-bond donors (Lipinski definition) is 3. The predicted molar refractivity (Wildman–Crippen MR) is 115 cm³/mol. The minimum absolute atomic E-state index is 0.269. The summed E-state index contributed by atoms with van der Waals surface area (Å²) in [5, 5.41) is 18.2. The third-order valence-corrected chi connectivity index (χ3v) is 5.72. The lowest BCUT2D eigenvalue weighted by molar-refractivity contribution is 0.0210. The molecule has 1 fully saturated rings. The van der Waals surface area contributed by atoms with E-state index in [9.17, 15) is 5.11 Å². The molecule has 8 nitrogen and oxygen atoms in total. The van der Waals surface area contributed by atoms with Crippen molar-refractivity contribution in [2.24, 2.45) is 0 Å². The zero-order chi connectivity index (χ0) is 20.3. The number of anilines is 2. The fraction of sp³-hybridized carbons (Fsp3) is 0.409. The minimum atomic E-state index is -0.494. The Morgan fingerprint density at radius 1 is 1.10 bits per heavy atom. The first kappa shape index (κ1) is 19.2. The maximum Gasteiger partial charge on any atom is 0.153 e. The molecule has 5 rings (SSSR count). The number of nitrogens with zero attached hydrogens (tertiary/aromatic N) is 4. The van der Waals surface area contributed by atoms with Crippen LogP contribution >= 0.6 is 0 Å². The number of aliphatic hydroxyl groups is 1. The smallest absolute Gasteiger partial charge is 0.153 e. The monoisotopic (exact) mass is 406 g/mol. The Hall–Kier alpha value is -2.81. The summed E-state index contributed by atoms with van der Waals surface area (Å²) >= 11 is 0. The van der Waals surface area contributed by atoms with E-state index in [1.54, 1.807) is 6.20 Å². The van der Waals surface area contributed by atoms with Crippen LogP contribution in [-0.4, -0.2) is 70.0 Å². The van der Waals surface area contributed by atoms with Gasteiger partial charge in [-0.25, -0.2) is 15.0 Å². The van der Waals surface area contributed by atoms with Crippen molar-refractivity contribution in [2.75, 3.05) is 43.5 Å². The van der Waals surface area contributed by atoms with Crippen molar-refractivity contribution in [3.63, 3.8) is 0 Å². The van der Waals surface area contributed by atoms with Crippen molar-refractivity contribution in [2.45, 2.75) is 25.1 Å². The molecule has 1 aromatic carbocycles. The van der Waals surface area contributed by atoms with Gasteiger partial charge in [0.25, 0.3) is 0 Å². The number of pyridine rings is 1. The van der Waals surface area contributed by atoms with Crippen LogP contribution in [0, 0.1) is 0 Å². The van der Waals surface area contributed by atoms with Gasteiger partial charge < -0.3 is 20.5 Å². The standard InChI is InChI=1S/C22H26N6O2/c29-18(11-28-8-6-15-3-1-2-4-16(15)10-28)9-24-21-19-5-7-23-22(20(19)25-14-26-21)27-17-12-30-13-17/h1-5,7,14,17-18,29H,6,8-13H2,(H,23,27)(H,24,25,26). The second-order valence-corrected chi connectivity index (χ2v) is 7.95. The third kappa shape index (κ3) is 4.07. The molecule has 3 N–H and O–H groups in total. The maximum absolute atomic E-state index is 10.6. The van der Waals surface area contributed by atoms with E-state index in [1.807, 2.05) is 6.07 Å². The number of nitrogens with one attached hydrogen (secondary N) is 2. The fourth-order valence-electron chi connectivity index (χ4n) is 4.04. The van der Waals surface area contributed by atoms with Gasteiger partial charge in [-0.15, -0.1) is 0 Å². The first-order valence-electron chi connectivity index (χ1n) is 10.4. The van der Waals surface area contributed by atoms with E-state index in [0.29, 0.717) is 32.1 Å². The summed E-state index contributed by atoms with van der Waals surface area (Å²) in [5.74, 6) is 1.44. The molecule has 2 aliphatic rings. The molecular weight excluding hydrogens is 380 g/mol. The van der Waals surface area contributed by atoms with Gasteiger partial charge in [-0.2, -0.15) is 0 Å². The highest BCUT2D eigenvalue weighted by molar-refractivity contribution is 5.95. The molecule has 0 bridgehead atoms. The molecule has 3 aromatic rings. The SMILES string of the molecule is OC(CNc1ncnc2c(NC3COC3)nccc12)CN1CCc2ccccc2C1. The Morgan fingerprint density at radius 3 is 2.80 bits per heavy atom. The molecule has 1 atom stereocenters. The van der Waals surface area contributed by atoms with Crippen molar-refractivity contribution in [1.29, 1.82) is 0 Å². The van der Waals surface area contributed by atoms with Gasteiger partial charge in [0.1, 0.15) is 17.7 Å². The molecule has 156 valence electrons. The van der Waals surface area contributed by atoms with Crippen molar-refractivity contribution in [3.8, 4) is 0 Å². The van der Waals surface area contributed by atoms with E-state index >= 15 is 0 Å². The number of aliphatic hydroxyl groups excluding tert-OH is 1. The van der Waals surface area contributed by atoms with Crippen molar-refractivity contribution in [1.82, 2.24) is 19.9 Å². The van der Waals surface area contributed by atoms with Crippen LogP contribution in [0.15, 0.2) is 42.9 Å². The molecule has 1 unspecified atom stereocenters. The Morgan fingerprint density at radius 2 is 1.97 bits per heavy atom. The van der Waals surface area contributed by atoms with E-state index in [1.165, 1.54) is 17.5 Å². The summed E-state index contributed by atoms with van der Waals surface area (Å²) in [7, 11) is 0. The van der Waals surface area contributed by atoms with E-state index in [4.69, 9.17) is 4.74 Å². The second kappa shape index (κ2) is 8.51. The van der Waals surface area contributed by atoms with Gasteiger partial charge in [0.2, 0.25) is 0 Å². The van der Waals surface area contributed by atoms with Crippen LogP contribution in [0.4, 0.5) is 11.6 Å². The molecule has 30 heavy (non-hydrogen) atoms. The van der Waals surface area contributed by atoms with E-state index < -0.39 is 6.10 Å². The Balaban J connectivity index is 1.22. The molecular formula is C22H26N6O2. The lowest BCUT2D eigenvalue weighted by atomic mass is 10.00. The average molecular weight is 406 g/mol. The van der Waals surface area contributed by atoms with E-state index in [0.717, 1.165) is 36.2 Å². The zero-order valence-electron chi connectivity index (χ0n) is 16.8. The second-order valence-electron chi connectivity index (χ2n) is 7.95. The first-order chi connectivity index (χ1) is 14.8.